The second-order valence-electron chi connectivity index (χ2n) is 5.79. The Kier molecular flexibility index (Phi) is 4.49. The fourth-order valence-electron chi connectivity index (χ4n) is 1.59. The van der Waals surface area contributed by atoms with Crippen molar-refractivity contribution in [3.63, 3.8) is 0 Å². The van der Waals surface area contributed by atoms with E-state index in [0.717, 1.165) is 16.1 Å². The smallest absolute Gasteiger partial charge is 0.338 e. The van der Waals surface area contributed by atoms with Gasteiger partial charge in [0.2, 0.25) is 10.0 Å². The van der Waals surface area contributed by atoms with E-state index in [1.165, 1.54) is 13.1 Å². The number of hydrogen-bond acceptors (Lipinski definition) is 4. The Morgan fingerprint density at radius 1 is 1.20 bits per heavy atom. The van der Waals surface area contributed by atoms with Crippen molar-refractivity contribution >= 4 is 21.7 Å². The van der Waals surface area contributed by atoms with Crippen LogP contribution in [-0.4, -0.2) is 33.3 Å². The summed E-state index contributed by atoms with van der Waals surface area (Å²) in [5.74, 6) is -0.468. The molecular weight excluding hydrogens is 278 g/mol. The van der Waals surface area contributed by atoms with Gasteiger partial charge in [0.1, 0.15) is 5.60 Å². The lowest BCUT2D eigenvalue weighted by molar-refractivity contribution is 0.00694. The zero-order valence-corrected chi connectivity index (χ0v) is 13.5. The predicted molar refractivity (Wildman–Crippen MR) is 79.6 cm³/mol. The Labute approximate surface area is 120 Å². The number of anilines is 1. The first-order valence-electron chi connectivity index (χ1n) is 6.19. The van der Waals surface area contributed by atoms with Gasteiger partial charge in [-0.15, -0.1) is 0 Å². The molecule has 1 aromatic rings. The van der Waals surface area contributed by atoms with Crippen molar-refractivity contribution < 1.29 is 17.9 Å². The fraction of sp³-hybridized carbons (Fsp3) is 0.500. The van der Waals surface area contributed by atoms with Crippen LogP contribution < -0.4 is 4.31 Å². The van der Waals surface area contributed by atoms with Crippen LogP contribution >= 0.6 is 0 Å². The zero-order chi connectivity index (χ0) is 15.7. The molecule has 112 valence electrons. The number of hydrogen-bond donors (Lipinski definition) is 0. The Hall–Kier alpha value is -1.56. The molecule has 5 nitrogen and oxygen atoms in total. The van der Waals surface area contributed by atoms with E-state index in [1.54, 1.807) is 39.8 Å². The average molecular weight is 299 g/mol. The molecule has 0 amide bonds. The number of sulfonamides is 1. The van der Waals surface area contributed by atoms with Crippen LogP contribution in [0.3, 0.4) is 0 Å². The van der Waals surface area contributed by atoms with Crippen LogP contribution in [0.15, 0.2) is 18.2 Å². The van der Waals surface area contributed by atoms with Crippen LogP contribution in [0.4, 0.5) is 5.69 Å². The molecule has 0 aliphatic carbocycles. The number of benzene rings is 1. The Balaban J connectivity index is 3.19. The second kappa shape index (κ2) is 5.44. The van der Waals surface area contributed by atoms with Crippen LogP contribution in [0, 0.1) is 6.92 Å². The topological polar surface area (TPSA) is 63.7 Å². The van der Waals surface area contributed by atoms with Crippen LogP contribution in [-0.2, 0) is 14.8 Å². The van der Waals surface area contributed by atoms with E-state index in [9.17, 15) is 13.2 Å². The Bertz CT molecular complexity index is 615. The molecule has 0 N–H and O–H groups in total. The molecule has 0 spiro atoms. The maximum Gasteiger partial charge on any atom is 0.338 e. The molecule has 0 aliphatic heterocycles. The first-order chi connectivity index (χ1) is 8.90. The third-order valence-corrected chi connectivity index (χ3v) is 3.76. The monoisotopic (exact) mass is 299 g/mol. The molecule has 0 fully saturated rings. The highest BCUT2D eigenvalue weighted by Crippen LogP contribution is 2.22. The largest absolute Gasteiger partial charge is 0.456 e. The van der Waals surface area contributed by atoms with Gasteiger partial charge >= 0.3 is 5.97 Å². The van der Waals surface area contributed by atoms with E-state index >= 15 is 0 Å². The van der Waals surface area contributed by atoms with Crippen molar-refractivity contribution in [2.45, 2.75) is 33.3 Å². The maximum absolute atomic E-state index is 12.0. The molecule has 0 saturated heterocycles. The second-order valence-corrected chi connectivity index (χ2v) is 7.80. The van der Waals surface area contributed by atoms with Crippen LogP contribution in [0.2, 0.25) is 0 Å². The molecular formula is C14H21NO4S. The highest BCUT2D eigenvalue weighted by atomic mass is 32.2. The molecule has 0 radical (unpaired) electrons. The number of esters is 1. The number of rotatable bonds is 3. The van der Waals surface area contributed by atoms with Crippen LogP contribution in [0.5, 0.6) is 0 Å². The van der Waals surface area contributed by atoms with Crippen LogP contribution in [0.25, 0.3) is 0 Å². The zero-order valence-electron chi connectivity index (χ0n) is 12.7. The summed E-state index contributed by atoms with van der Waals surface area (Å²) in [5, 5.41) is 0. The normalized spacial score (nSPS) is 12.1. The highest BCUT2D eigenvalue weighted by molar-refractivity contribution is 7.92. The maximum atomic E-state index is 12.0. The van der Waals surface area contributed by atoms with Crippen molar-refractivity contribution in [1.29, 1.82) is 0 Å². The standard InChI is InChI=1S/C14H21NO4S/c1-10-7-11(13(16)19-14(2,3)4)9-12(8-10)15(5)20(6,17)18/h7-9H,1-6H3. The average Bonchev–Trinajstić information content (AvgIpc) is 2.23. The van der Waals surface area contributed by atoms with E-state index < -0.39 is 21.6 Å². The molecule has 0 saturated carbocycles. The first kappa shape index (κ1) is 16.5. The molecule has 1 aromatic carbocycles. The third kappa shape index (κ3) is 4.52. The van der Waals surface area contributed by atoms with Crippen molar-refractivity contribution in [3.05, 3.63) is 29.3 Å². The summed E-state index contributed by atoms with van der Waals surface area (Å²) in [7, 11) is -1.92. The fourth-order valence-corrected chi connectivity index (χ4v) is 2.08. The minimum atomic E-state index is -3.37. The number of carbonyl (C=O) groups is 1. The van der Waals surface area contributed by atoms with Gasteiger partial charge in [0.25, 0.3) is 0 Å². The summed E-state index contributed by atoms with van der Waals surface area (Å²) >= 11 is 0. The molecule has 0 aromatic heterocycles. The molecule has 0 unspecified atom stereocenters. The first-order valence-corrected chi connectivity index (χ1v) is 8.04. The van der Waals surface area contributed by atoms with E-state index in [-0.39, 0.29) is 0 Å². The number of ether oxygens (including phenoxy) is 1. The minimum Gasteiger partial charge on any atom is -0.456 e. The molecule has 20 heavy (non-hydrogen) atoms. The Morgan fingerprint density at radius 2 is 1.75 bits per heavy atom. The van der Waals surface area contributed by atoms with Gasteiger partial charge in [-0.25, -0.2) is 13.2 Å². The molecule has 0 heterocycles. The number of carbonyl (C=O) groups excluding carboxylic acids is 1. The number of aryl methyl sites for hydroxylation is 1. The molecule has 0 bridgehead atoms. The minimum absolute atomic E-state index is 0.338. The summed E-state index contributed by atoms with van der Waals surface area (Å²) in [4.78, 5) is 12.0. The summed E-state index contributed by atoms with van der Waals surface area (Å²) in [5.41, 5.74) is 0.974. The van der Waals surface area contributed by atoms with Gasteiger partial charge in [0.05, 0.1) is 17.5 Å². The van der Waals surface area contributed by atoms with Gasteiger partial charge in [-0.2, -0.15) is 0 Å². The van der Waals surface area contributed by atoms with Gasteiger partial charge in [-0.3, -0.25) is 4.31 Å². The van der Waals surface area contributed by atoms with Crippen molar-refractivity contribution in [3.8, 4) is 0 Å². The molecule has 0 aliphatic rings. The van der Waals surface area contributed by atoms with Gasteiger partial charge < -0.3 is 4.74 Å². The number of nitrogens with zero attached hydrogens (tertiary/aromatic N) is 1. The van der Waals surface area contributed by atoms with Gasteiger partial charge in [0, 0.05) is 7.05 Å². The van der Waals surface area contributed by atoms with E-state index in [2.05, 4.69) is 0 Å². The van der Waals surface area contributed by atoms with E-state index in [0.29, 0.717) is 11.3 Å². The highest BCUT2D eigenvalue weighted by Gasteiger charge is 2.20. The Morgan fingerprint density at radius 3 is 2.20 bits per heavy atom. The van der Waals surface area contributed by atoms with Crippen molar-refractivity contribution in [2.75, 3.05) is 17.6 Å². The summed E-state index contributed by atoms with van der Waals surface area (Å²) < 4.78 is 29.6. The summed E-state index contributed by atoms with van der Waals surface area (Å²) in [6.45, 7) is 7.15. The molecule has 0 atom stereocenters. The van der Waals surface area contributed by atoms with E-state index in [4.69, 9.17) is 4.74 Å². The summed E-state index contributed by atoms with van der Waals surface area (Å²) in [6, 6.07) is 4.89. The van der Waals surface area contributed by atoms with Gasteiger partial charge in [-0.1, -0.05) is 0 Å². The predicted octanol–water partition coefficient (Wildman–Crippen LogP) is 2.35. The van der Waals surface area contributed by atoms with Gasteiger partial charge in [0.15, 0.2) is 0 Å². The van der Waals surface area contributed by atoms with Crippen molar-refractivity contribution in [1.82, 2.24) is 0 Å². The van der Waals surface area contributed by atoms with Crippen molar-refractivity contribution in [2.24, 2.45) is 0 Å². The lowest BCUT2D eigenvalue weighted by atomic mass is 10.1. The third-order valence-electron chi connectivity index (χ3n) is 2.56. The SMILES string of the molecule is Cc1cc(C(=O)OC(C)(C)C)cc(N(C)S(C)(=O)=O)c1. The lowest BCUT2D eigenvalue weighted by Crippen LogP contribution is -2.26. The van der Waals surface area contributed by atoms with Crippen LogP contribution in [0.1, 0.15) is 36.7 Å². The molecule has 1 rings (SSSR count). The van der Waals surface area contributed by atoms with Gasteiger partial charge in [-0.05, 0) is 51.5 Å². The summed E-state index contributed by atoms with van der Waals surface area (Å²) in [6.07, 6.45) is 1.11. The quantitative estimate of drug-likeness (QED) is 0.804. The molecule has 6 heteroatoms. The lowest BCUT2D eigenvalue weighted by Gasteiger charge is -2.21. The van der Waals surface area contributed by atoms with E-state index in [1.807, 2.05) is 0 Å².